The molecule has 1 aliphatic heterocycles. The van der Waals surface area contributed by atoms with Crippen LogP contribution in [0.3, 0.4) is 0 Å². The first-order valence-electron chi connectivity index (χ1n) is 5.84. The van der Waals surface area contributed by atoms with Crippen LogP contribution in [0.5, 0.6) is 5.75 Å². The molecule has 1 aliphatic rings. The number of sulfonamides is 1. The summed E-state index contributed by atoms with van der Waals surface area (Å²) in [6, 6.07) is 5.56. The van der Waals surface area contributed by atoms with Crippen LogP contribution in [0.4, 0.5) is 0 Å². The molecule has 7 heteroatoms. The molecule has 2 aromatic rings. The molecule has 1 saturated heterocycles. The van der Waals surface area contributed by atoms with Gasteiger partial charge in [0, 0.05) is 17.6 Å². The molecule has 100 valence electrons. The highest BCUT2D eigenvalue weighted by molar-refractivity contribution is 7.88. The average Bonchev–Trinajstić information content (AvgIpc) is 2.31. The van der Waals surface area contributed by atoms with Gasteiger partial charge in [-0.3, -0.25) is 0 Å². The highest BCUT2D eigenvalue weighted by Gasteiger charge is 2.34. The van der Waals surface area contributed by atoms with Gasteiger partial charge in [0.05, 0.1) is 24.9 Å². The van der Waals surface area contributed by atoms with E-state index in [1.165, 1.54) is 16.9 Å². The number of hydrogen-bond donors (Lipinski definition) is 0. The minimum Gasteiger partial charge on any atom is -0.488 e. The SMILES string of the molecule is CS(=O)(=O)N1CC(Oc2ccc3cncnc3c2)C1. The van der Waals surface area contributed by atoms with Gasteiger partial charge in [0.15, 0.2) is 0 Å². The first kappa shape index (κ1) is 12.3. The van der Waals surface area contributed by atoms with E-state index in [9.17, 15) is 8.42 Å². The summed E-state index contributed by atoms with van der Waals surface area (Å²) in [4.78, 5) is 8.09. The normalized spacial score (nSPS) is 17.3. The minimum absolute atomic E-state index is 0.0889. The standard InChI is InChI=1S/C12H13N3O3S/c1-19(16,17)15-6-11(7-15)18-10-3-2-9-5-13-8-14-12(9)4-10/h2-5,8,11H,6-7H2,1H3. The summed E-state index contributed by atoms with van der Waals surface area (Å²) in [6.45, 7) is 0.807. The minimum atomic E-state index is -3.09. The van der Waals surface area contributed by atoms with Crippen LogP contribution in [-0.4, -0.2) is 48.1 Å². The first-order chi connectivity index (χ1) is 9.02. The highest BCUT2D eigenvalue weighted by atomic mass is 32.2. The number of benzene rings is 1. The molecule has 19 heavy (non-hydrogen) atoms. The van der Waals surface area contributed by atoms with Crippen LogP contribution in [0.2, 0.25) is 0 Å². The van der Waals surface area contributed by atoms with Gasteiger partial charge in [-0.05, 0) is 12.1 Å². The Balaban J connectivity index is 1.70. The maximum absolute atomic E-state index is 11.2. The first-order valence-corrected chi connectivity index (χ1v) is 7.69. The Morgan fingerprint density at radius 2 is 2.16 bits per heavy atom. The predicted molar refractivity (Wildman–Crippen MR) is 70.4 cm³/mol. The third kappa shape index (κ3) is 2.52. The molecular formula is C12H13N3O3S. The van der Waals surface area contributed by atoms with Crippen molar-refractivity contribution in [3.63, 3.8) is 0 Å². The fourth-order valence-electron chi connectivity index (χ4n) is 1.97. The summed E-state index contributed by atoms with van der Waals surface area (Å²) in [5.41, 5.74) is 0.812. The van der Waals surface area contributed by atoms with Crippen LogP contribution in [0.15, 0.2) is 30.7 Å². The number of nitrogens with zero attached hydrogens (tertiary/aromatic N) is 3. The number of ether oxygens (including phenoxy) is 1. The van der Waals surface area contributed by atoms with Crippen molar-refractivity contribution in [2.24, 2.45) is 0 Å². The fourth-order valence-corrected chi connectivity index (χ4v) is 2.84. The molecule has 0 saturated carbocycles. The van der Waals surface area contributed by atoms with Gasteiger partial charge >= 0.3 is 0 Å². The van der Waals surface area contributed by atoms with E-state index < -0.39 is 10.0 Å². The maximum atomic E-state index is 11.2. The largest absolute Gasteiger partial charge is 0.488 e. The summed E-state index contributed by atoms with van der Waals surface area (Å²) in [6.07, 6.45) is 4.34. The van der Waals surface area contributed by atoms with E-state index in [1.54, 1.807) is 6.20 Å². The van der Waals surface area contributed by atoms with Gasteiger partial charge < -0.3 is 4.74 Å². The molecule has 0 N–H and O–H groups in total. The van der Waals surface area contributed by atoms with E-state index in [0.717, 1.165) is 10.9 Å². The summed E-state index contributed by atoms with van der Waals surface area (Å²) < 4.78 is 29.6. The molecule has 0 amide bonds. The Morgan fingerprint density at radius 3 is 2.89 bits per heavy atom. The average molecular weight is 279 g/mol. The van der Waals surface area contributed by atoms with E-state index in [-0.39, 0.29) is 6.10 Å². The third-order valence-corrected chi connectivity index (χ3v) is 4.30. The fraction of sp³-hybridized carbons (Fsp3) is 0.333. The van der Waals surface area contributed by atoms with Gasteiger partial charge in [0.1, 0.15) is 18.2 Å². The van der Waals surface area contributed by atoms with Gasteiger partial charge in [0.25, 0.3) is 0 Å². The quantitative estimate of drug-likeness (QED) is 0.825. The van der Waals surface area contributed by atoms with Crippen molar-refractivity contribution in [3.8, 4) is 5.75 Å². The van der Waals surface area contributed by atoms with Gasteiger partial charge in [0.2, 0.25) is 10.0 Å². The molecule has 0 unspecified atom stereocenters. The third-order valence-electron chi connectivity index (χ3n) is 3.07. The Bertz CT molecular complexity index is 711. The molecule has 1 aromatic heterocycles. The molecule has 1 aromatic carbocycles. The lowest BCUT2D eigenvalue weighted by molar-refractivity contribution is 0.0768. The summed E-state index contributed by atoms with van der Waals surface area (Å²) >= 11 is 0. The van der Waals surface area contributed by atoms with Crippen LogP contribution in [0, 0.1) is 0 Å². The van der Waals surface area contributed by atoms with Crippen molar-refractivity contribution in [1.29, 1.82) is 0 Å². The zero-order chi connectivity index (χ0) is 13.5. The van der Waals surface area contributed by atoms with Crippen LogP contribution in [0.25, 0.3) is 10.9 Å². The van der Waals surface area contributed by atoms with Crippen LogP contribution >= 0.6 is 0 Å². The summed E-state index contributed by atoms with van der Waals surface area (Å²) in [5.74, 6) is 0.698. The molecule has 2 heterocycles. The Hall–Kier alpha value is -1.73. The predicted octanol–water partition coefficient (Wildman–Crippen LogP) is 0.652. The second-order valence-electron chi connectivity index (χ2n) is 4.56. The molecule has 1 fully saturated rings. The van der Waals surface area contributed by atoms with Crippen molar-refractivity contribution in [1.82, 2.24) is 14.3 Å². The van der Waals surface area contributed by atoms with E-state index >= 15 is 0 Å². The van der Waals surface area contributed by atoms with Crippen molar-refractivity contribution < 1.29 is 13.2 Å². The van der Waals surface area contributed by atoms with E-state index in [4.69, 9.17) is 4.74 Å². The molecule has 0 bridgehead atoms. The smallest absolute Gasteiger partial charge is 0.211 e. The second kappa shape index (κ2) is 4.43. The van der Waals surface area contributed by atoms with Crippen LogP contribution in [0.1, 0.15) is 0 Å². The molecule has 6 nitrogen and oxygen atoms in total. The molecule has 3 rings (SSSR count). The number of rotatable bonds is 3. The van der Waals surface area contributed by atoms with Crippen LogP contribution in [-0.2, 0) is 10.0 Å². The van der Waals surface area contributed by atoms with Gasteiger partial charge in [-0.25, -0.2) is 18.4 Å². The van der Waals surface area contributed by atoms with Crippen molar-refractivity contribution in [2.75, 3.05) is 19.3 Å². The monoisotopic (exact) mass is 279 g/mol. The van der Waals surface area contributed by atoms with Crippen molar-refractivity contribution >= 4 is 20.9 Å². The van der Waals surface area contributed by atoms with Gasteiger partial charge in [-0.1, -0.05) is 0 Å². The molecule has 0 spiro atoms. The van der Waals surface area contributed by atoms with E-state index in [0.29, 0.717) is 18.8 Å². The number of hydrogen-bond acceptors (Lipinski definition) is 5. The molecular weight excluding hydrogens is 266 g/mol. The topological polar surface area (TPSA) is 72.4 Å². The molecule has 0 aliphatic carbocycles. The molecule has 0 atom stereocenters. The Morgan fingerprint density at radius 1 is 1.37 bits per heavy atom. The van der Waals surface area contributed by atoms with Gasteiger partial charge in [-0.15, -0.1) is 0 Å². The van der Waals surface area contributed by atoms with Crippen molar-refractivity contribution in [2.45, 2.75) is 6.10 Å². The zero-order valence-electron chi connectivity index (χ0n) is 10.4. The highest BCUT2D eigenvalue weighted by Crippen LogP contribution is 2.22. The summed E-state index contributed by atoms with van der Waals surface area (Å²) in [5, 5.41) is 0.946. The lowest BCUT2D eigenvalue weighted by Crippen LogP contribution is -2.55. The van der Waals surface area contributed by atoms with E-state index in [2.05, 4.69) is 9.97 Å². The second-order valence-corrected chi connectivity index (χ2v) is 6.55. The lowest BCUT2D eigenvalue weighted by atomic mass is 10.2. The zero-order valence-corrected chi connectivity index (χ0v) is 11.2. The maximum Gasteiger partial charge on any atom is 0.211 e. The Kier molecular flexibility index (Phi) is 2.87. The number of aromatic nitrogens is 2. The van der Waals surface area contributed by atoms with E-state index in [1.807, 2.05) is 18.2 Å². The molecule has 0 radical (unpaired) electrons. The lowest BCUT2D eigenvalue weighted by Gasteiger charge is -2.36. The Labute approximate surface area is 111 Å². The number of fused-ring (bicyclic) bond motifs is 1. The van der Waals surface area contributed by atoms with Crippen LogP contribution < -0.4 is 4.74 Å². The van der Waals surface area contributed by atoms with Crippen molar-refractivity contribution in [3.05, 3.63) is 30.7 Å². The van der Waals surface area contributed by atoms with Gasteiger partial charge in [-0.2, -0.15) is 4.31 Å². The summed E-state index contributed by atoms with van der Waals surface area (Å²) in [7, 11) is -3.09.